The van der Waals surface area contributed by atoms with Crippen LogP contribution >= 0.6 is 0 Å². The Morgan fingerprint density at radius 2 is 2.07 bits per heavy atom. The van der Waals surface area contributed by atoms with Gasteiger partial charge in [-0.1, -0.05) is 0 Å². The molecule has 9 nitrogen and oxygen atoms in total. The van der Waals surface area contributed by atoms with Crippen molar-refractivity contribution in [1.82, 2.24) is 15.3 Å². The van der Waals surface area contributed by atoms with E-state index in [2.05, 4.69) is 20.6 Å². The summed E-state index contributed by atoms with van der Waals surface area (Å²) in [5, 5.41) is 5.90. The van der Waals surface area contributed by atoms with Crippen LogP contribution in [0.5, 0.6) is 5.88 Å². The first-order valence-corrected chi connectivity index (χ1v) is 9.08. The van der Waals surface area contributed by atoms with Crippen molar-refractivity contribution in [1.29, 1.82) is 0 Å². The number of nitrogen functional groups attached to an aromatic ring is 1. The van der Waals surface area contributed by atoms with Crippen molar-refractivity contribution >= 4 is 23.1 Å². The van der Waals surface area contributed by atoms with E-state index < -0.39 is 0 Å². The van der Waals surface area contributed by atoms with Gasteiger partial charge in [-0.15, -0.1) is 0 Å². The van der Waals surface area contributed by atoms with Gasteiger partial charge in [0.05, 0.1) is 25.1 Å². The normalized spacial score (nSPS) is 10.6. The fraction of sp³-hybridized carbons (Fsp3) is 0.250. The molecule has 0 radical (unpaired) electrons. The van der Waals surface area contributed by atoms with Gasteiger partial charge < -0.3 is 30.3 Å². The molecule has 0 unspecified atom stereocenters. The summed E-state index contributed by atoms with van der Waals surface area (Å²) in [6, 6.07) is 9.14. The monoisotopic (exact) mass is 397 g/mol. The Bertz CT molecular complexity index is 942. The van der Waals surface area contributed by atoms with E-state index in [-0.39, 0.29) is 23.0 Å². The third kappa shape index (κ3) is 5.02. The van der Waals surface area contributed by atoms with Gasteiger partial charge >= 0.3 is 0 Å². The van der Waals surface area contributed by atoms with Crippen LogP contribution in [0.2, 0.25) is 0 Å². The summed E-state index contributed by atoms with van der Waals surface area (Å²) in [5.74, 6) is 0.954. The van der Waals surface area contributed by atoms with Gasteiger partial charge in [0.2, 0.25) is 5.88 Å². The first kappa shape index (κ1) is 20.2. The van der Waals surface area contributed by atoms with Crippen molar-refractivity contribution < 1.29 is 18.7 Å². The van der Waals surface area contributed by atoms with Gasteiger partial charge in [0.25, 0.3) is 5.91 Å². The number of hydrogen-bond acceptors (Lipinski definition) is 8. The standard InChI is InChI=1S/C20H23N5O4/c1-3-28-20-18(19(26)23-8-9-27-2)15(21)10-17(25-20)24-14-6-4-13(5-7-14)16-11-22-12-29-16/h4-7,10-12H,3,8-9H2,1-2H3,(H,23,26)(H3,21,24,25). The number of aromatic nitrogens is 2. The van der Waals surface area contributed by atoms with Crippen molar-refractivity contribution in [2.45, 2.75) is 6.92 Å². The maximum Gasteiger partial charge on any atom is 0.258 e. The second-order valence-electron chi connectivity index (χ2n) is 6.03. The molecule has 152 valence electrons. The van der Waals surface area contributed by atoms with Gasteiger partial charge in [-0.05, 0) is 31.2 Å². The molecule has 2 aromatic heterocycles. The molecular formula is C20H23N5O4. The molecule has 0 bridgehead atoms. The number of nitrogens with two attached hydrogens (primary N) is 1. The first-order chi connectivity index (χ1) is 14.1. The van der Waals surface area contributed by atoms with Crippen molar-refractivity contribution in [3.05, 3.63) is 48.5 Å². The largest absolute Gasteiger partial charge is 0.477 e. The fourth-order valence-electron chi connectivity index (χ4n) is 2.65. The van der Waals surface area contributed by atoms with Crippen LogP contribution in [-0.4, -0.2) is 42.7 Å². The topological polar surface area (TPSA) is 125 Å². The summed E-state index contributed by atoms with van der Waals surface area (Å²) < 4.78 is 15.8. The molecule has 0 saturated carbocycles. The van der Waals surface area contributed by atoms with Crippen molar-refractivity contribution in [2.75, 3.05) is 37.9 Å². The van der Waals surface area contributed by atoms with Gasteiger partial charge in [-0.3, -0.25) is 4.79 Å². The van der Waals surface area contributed by atoms with Gasteiger partial charge in [0.1, 0.15) is 11.4 Å². The number of pyridine rings is 1. The van der Waals surface area contributed by atoms with Crippen LogP contribution in [-0.2, 0) is 4.74 Å². The Kier molecular flexibility index (Phi) is 6.64. The number of carbonyl (C=O) groups excluding carboxylic acids is 1. The minimum Gasteiger partial charge on any atom is -0.477 e. The molecule has 3 rings (SSSR count). The molecular weight excluding hydrogens is 374 g/mol. The van der Waals surface area contributed by atoms with E-state index in [4.69, 9.17) is 19.6 Å². The predicted molar refractivity (Wildman–Crippen MR) is 109 cm³/mol. The van der Waals surface area contributed by atoms with E-state index in [9.17, 15) is 4.79 Å². The highest BCUT2D eigenvalue weighted by atomic mass is 16.5. The second kappa shape index (κ2) is 9.56. The lowest BCUT2D eigenvalue weighted by atomic mass is 10.1. The molecule has 0 spiro atoms. The molecule has 0 aliphatic rings. The van der Waals surface area contributed by atoms with Crippen molar-refractivity contribution in [3.63, 3.8) is 0 Å². The minimum atomic E-state index is -0.363. The molecule has 1 amide bonds. The molecule has 0 aliphatic carbocycles. The Morgan fingerprint density at radius 3 is 2.72 bits per heavy atom. The lowest BCUT2D eigenvalue weighted by molar-refractivity contribution is 0.0933. The lowest BCUT2D eigenvalue weighted by Gasteiger charge is -2.15. The van der Waals surface area contributed by atoms with Crippen LogP contribution in [0.25, 0.3) is 11.3 Å². The maximum absolute atomic E-state index is 12.5. The molecule has 0 saturated heterocycles. The van der Waals surface area contributed by atoms with Crippen molar-refractivity contribution in [2.24, 2.45) is 0 Å². The zero-order valence-corrected chi connectivity index (χ0v) is 16.3. The SMILES string of the molecule is CCOc1nc(Nc2ccc(-c3cnco3)cc2)cc(N)c1C(=O)NCCOC. The van der Waals surface area contributed by atoms with Crippen LogP contribution in [0, 0.1) is 0 Å². The summed E-state index contributed by atoms with van der Waals surface area (Å²) in [4.78, 5) is 20.8. The molecule has 29 heavy (non-hydrogen) atoms. The Labute approximate surface area is 168 Å². The summed E-state index contributed by atoms with van der Waals surface area (Å²) >= 11 is 0. The summed E-state index contributed by atoms with van der Waals surface area (Å²) in [6.07, 6.45) is 3.03. The number of anilines is 3. The molecule has 0 aliphatic heterocycles. The molecule has 2 heterocycles. The number of methoxy groups -OCH3 is 1. The number of nitrogens with zero attached hydrogens (tertiary/aromatic N) is 2. The van der Waals surface area contributed by atoms with Gasteiger partial charge in [0.15, 0.2) is 12.2 Å². The van der Waals surface area contributed by atoms with E-state index >= 15 is 0 Å². The van der Waals surface area contributed by atoms with Crippen LogP contribution in [0.3, 0.4) is 0 Å². The van der Waals surface area contributed by atoms with Crippen LogP contribution in [0.4, 0.5) is 17.2 Å². The molecule has 0 fully saturated rings. The minimum absolute atomic E-state index is 0.170. The third-order valence-corrected chi connectivity index (χ3v) is 3.99. The highest BCUT2D eigenvalue weighted by Gasteiger charge is 2.19. The average Bonchev–Trinajstić information content (AvgIpc) is 3.23. The van der Waals surface area contributed by atoms with E-state index in [0.717, 1.165) is 11.3 Å². The molecule has 4 N–H and O–H groups in total. The zero-order valence-electron chi connectivity index (χ0n) is 16.3. The van der Waals surface area contributed by atoms with Crippen LogP contribution < -0.4 is 21.1 Å². The number of amides is 1. The number of hydrogen-bond donors (Lipinski definition) is 3. The first-order valence-electron chi connectivity index (χ1n) is 9.08. The van der Waals surface area contributed by atoms with E-state index in [1.165, 1.54) is 6.39 Å². The fourth-order valence-corrected chi connectivity index (χ4v) is 2.65. The maximum atomic E-state index is 12.5. The number of ether oxygens (including phenoxy) is 2. The Balaban J connectivity index is 1.80. The quantitative estimate of drug-likeness (QED) is 0.471. The average molecular weight is 397 g/mol. The van der Waals surface area contributed by atoms with Crippen molar-refractivity contribution in [3.8, 4) is 17.2 Å². The number of nitrogens with one attached hydrogen (secondary N) is 2. The molecule has 0 atom stereocenters. The number of carbonyl (C=O) groups is 1. The van der Waals surface area contributed by atoms with E-state index in [1.807, 2.05) is 31.2 Å². The van der Waals surface area contributed by atoms with E-state index in [1.54, 1.807) is 19.4 Å². The Hall–Kier alpha value is -3.59. The number of benzene rings is 1. The predicted octanol–water partition coefficient (Wildman–Crippen LogP) is 2.84. The van der Waals surface area contributed by atoms with Crippen LogP contribution in [0.1, 0.15) is 17.3 Å². The zero-order chi connectivity index (χ0) is 20.6. The summed E-state index contributed by atoms with van der Waals surface area (Å²) in [6.45, 7) is 2.91. The van der Waals surface area contributed by atoms with Gasteiger partial charge in [-0.2, -0.15) is 4.98 Å². The third-order valence-electron chi connectivity index (χ3n) is 3.99. The highest BCUT2D eigenvalue weighted by Crippen LogP contribution is 2.28. The van der Waals surface area contributed by atoms with Gasteiger partial charge in [0, 0.05) is 31.0 Å². The lowest BCUT2D eigenvalue weighted by Crippen LogP contribution is -2.28. The molecule has 9 heteroatoms. The smallest absolute Gasteiger partial charge is 0.258 e. The highest BCUT2D eigenvalue weighted by molar-refractivity contribution is 6.01. The molecule has 3 aromatic rings. The molecule has 1 aromatic carbocycles. The Morgan fingerprint density at radius 1 is 1.28 bits per heavy atom. The second-order valence-corrected chi connectivity index (χ2v) is 6.03. The van der Waals surface area contributed by atoms with Crippen LogP contribution in [0.15, 0.2) is 47.3 Å². The summed E-state index contributed by atoms with van der Waals surface area (Å²) in [5.41, 5.74) is 8.29. The number of rotatable bonds is 9. The number of oxazole rings is 1. The van der Waals surface area contributed by atoms with Gasteiger partial charge in [-0.25, -0.2) is 4.98 Å². The summed E-state index contributed by atoms with van der Waals surface area (Å²) in [7, 11) is 1.56. The van der Waals surface area contributed by atoms with E-state index in [0.29, 0.717) is 31.3 Å².